The molecular formula is C20H18BrNO3S. The molecule has 0 heterocycles. The van der Waals surface area contributed by atoms with E-state index in [-0.39, 0.29) is 4.90 Å². The number of hydrogen-bond donors (Lipinski definition) is 1. The summed E-state index contributed by atoms with van der Waals surface area (Å²) in [5, 5.41) is 0. The Kier molecular flexibility index (Phi) is 5.64. The number of ether oxygens (including phenoxy) is 1. The van der Waals surface area contributed by atoms with E-state index in [4.69, 9.17) is 4.74 Å². The minimum Gasteiger partial charge on any atom is -0.489 e. The smallest absolute Gasteiger partial charge is 0.262 e. The van der Waals surface area contributed by atoms with Crippen LogP contribution in [0, 0.1) is 6.92 Å². The van der Waals surface area contributed by atoms with Gasteiger partial charge in [-0.15, -0.1) is 0 Å². The summed E-state index contributed by atoms with van der Waals surface area (Å²) in [4.78, 5) is 0.247. The van der Waals surface area contributed by atoms with Crippen molar-refractivity contribution in [2.45, 2.75) is 18.4 Å². The summed E-state index contributed by atoms with van der Waals surface area (Å²) in [5.74, 6) is 0.676. The van der Waals surface area contributed by atoms with Crippen molar-refractivity contribution >= 4 is 31.6 Å². The zero-order chi connectivity index (χ0) is 18.6. The molecule has 1 N–H and O–H groups in total. The molecule has 0 fully saturated rings. The van der Waals surface area contributed by atoms with Crippen molar-refractivity contribution in [1.82, 2.24) is 0 Å². The fraction of sp³-hybridized carbons (Fsp3) is 0.100. The standard InChI is InChI=1S/C20H18BrNO3S/c1-15-7-8-17(21)13-20(15)26(23,24)22-18-9-11-19(12-10-18)25-14-16-5-3-2-4-6-16/h2-13,22H,14H2,1H3. The lowest BCUT2D eigenvalue weighted by molar-refractivity contribution is 0.306. The molecule has 3 aromatic carbocycles. The average molecular weight is 432 g/mol. The van der Waals surface area contributed by atoms with Gasteiger partial charge in [-0.2, -0.15) is 0 Å². The topological polar surface area (TPSA) is 55.4 Å². The summed E-state index contributed by atoms with van der Waals surface area (Å²) in [5.41, 5.74) is 2.24. The molecule has 3 rings (SSSR count). The summed E-state index contributed by atoms with van der Waals surface area (Å²) >= 11 is 3.31. The van der Waals surface area contributed by atoms with Crippen LogP contribution in [0.1, 0.15) is 11.1 Å². The van der Waals surface area contributed by atoms with Gasteiger partial charge in [0.1, 0.15) is 12.4 Å². The Morgan fingerprint density at radius 3 is 2.35 bits per heavy atom. The van der Waals surface area contributed by atoms with E-state index in [0.29, 0.717) is 28.1 Å². The molecule has 0 amide bonds. The van der Waals surface area contributed by atoms with Crippen LogP contribution in [0.4, 0.5) is 5.69 Å². The Morgan fingerprint density at radius 1 is 0.962 bits per heavy atom. The van der Waals surface area contributed by atoms with Gasteiger partial charge in [-0.25, -0.2) is 8.42 Å². The van der Waals surface area contributed by atoms with Gasteiger partial charge in [0.15, 0.2) is 0 Å². The van der Waals surface area contributed by atoms with E-state index >= 15 is 0 Å². The van der Waals surface area contributed by atoms with Crippen molar-refractivity contribution in [2.75, 3.05) is 4.72 Å². The quantitative estimate of drug-likeness (QED) is 0.587. The minimum atomic E-state index is -3.66. The molecule has 134 valence electrons. The fourth-order valence-electron chi connectivity index (χ4n) is 2.43. The second-order valence-electron chi connectivity index (χ2n) is 5.81. The molecule has 0 unspecified atom stereocenters. The molecule has 4 nitrogen and oxygen atoms in total. The van der Waals surface area contributed by atoms with Crippen molar-refractivity contribution in [3.8, 4) is 5.75 Å². The lowest BCUT2D eigenvalue weighted by Gasteiger charge is -2.12. The van der Waals surface area contributed by atoms with Gasteiger partial charge in [-0.3, -0.25) is 4.72 Å². The fourth-order valence-corrected chi connectivity index (χ4v) is 4.28. The van der Waals surface area contributed by atoms with Crippen LogP contribution in [-0.4, -0.2) is 8.42 Å². The third-order valence-corrected chi connectivity index (χ3v) is 5.81. The number of rotatable bonds is 6. The molecule has 3 aromatic rings. The number of anilines is 1. The van der Waals surface area contributed by atoms with Crippen molar-refractivity contribution < 1.29 is 13.2 Å². The highest BCUT2D eigenvalue weighted by Gasteiger charge is 2.17. The summed E-state index contributed by atoms with van der Waals surface area (Å²) < 4.78 is 34.2. The van der Waals surface area contributed by atoms with Crippen molar-refractivity contribution in [2.24, 2.45) is 0 Å². The third kappa shape index (κ3) is 4.65. The van der Waals surface area contributed by atoms with Crippen LogP contribution in [0.15, 0.2) is 82.2 Å². The first-order valence-corrected chi connectivity index (χ1v) is 10.3. The van der Waals surface area contributed by atoms with E-state index in [1.54, 1.807) is 43.3 Å². The largest absolute Gasteiger partial charge is 0.489 e. The van der Waals surface area contributed by atoms with E-state index in [2.05, 4.69) is 20.7 Å². The number of nitrogens with one attached hydrogen (secondary N) is 1. The van der Waals surface area contributed by atoms with Crippen LogP contribution in [0.25, 0.3) is 0 Å². The van der Waals surface area contributed by atoms with Crippen molar-refractivity contribution in [1.29, 1.82) is 0 Å². The van der Waals surface area contributed by atoms with E-state index in [0.717, 1.165) is 5.56 Å². The first-order valence-electron chi connectivity index (χ1n) is 8.00. The van der Waals surface area contributed by atoms with Crippen LogP contribution in [-0.2, 0) is 16.6 Å². The van der Waals surface area contributed by atoms with Crippen LogP contribution in [0.5, 0.6) is 5.75 Å². The van der Waals surface area contributed by atoms with E-state index in [1.165, 1.54) is 0 Å². The molecular weight excluding hydrogens is 414 g/mol. The Hall–Kier alpha value is -2.31. The number of hydrogen-bond acceptors (Lipinski definition) is 3. The first kappa shape index (κ1) is 18.5. The Morgan fingerprint density at radius 2 is 1.65 bits per heavy atom. The molecule has 0 saturated carbocycles. The first-order chi connectivity index (χ1) is 12.4. The Bertz CT molecular complexity index is 987. The molecule has 26 heavy (non-hydrogen) atoms. The predicted octanol–water partition coefficient (Wildman–Crippen LogP) is 5.14. The molecule has 0 radical (unpaired) electrons. The maximum atomic E-state index is 12.6. The van der Waals surface area contributed by atoms with Crippen LogP contribution >= 0.6 is 15.9 Å². The summed E-state index contributed by atoms with van der Waals surface area (Å²) in [6, 6.07) is 21.9. The Labute approximate surface area is 162 Å². The van der Waals surface area contributed by atoms with E-state index in [1.807, 2.05) is 36.4 Å². The summed E-state index contributed by atoms with van der Waals surface area (Å²) in [7, 11) is -3.66. The highest BCUT2D eigenvalue weighted by atomic mass is 79.9. The Balaban J connectivity index is 1.69. The lowest BCUT2D eigenvalue weighted by Crippen LogP contribution is -2.14. The molecule has 0 saturated heterocycles. The molecule has 0 aliphatic heterocycles. The van der Waals surface area contributed by atoms with Crippen molar-refractivity contribution in [3.63, 3.8) is 0 Å². The van der Waals surface area contributed by atoms with E-state index < -0.39 is 10.0 Å². The van der Waals surface area contributed by atoms with Crippen molar-refractivity contribution in [3.05, 3.63) is 88.4 Å². The highest BCUT2D eigenvalue weighted by Crippen LogP contribution is 2.24. The van der Waals surface area contributed by atoms with E-state index in [9.17, 15) is 8.42 Å². The summed E-state index contributed by atoms with van der Waals surface area (Å²) in [6.45, 7) is 2.23. The van der Waals surface area contributed by atoms with Gasteiger partial charge in [-0.1, -0.05) is 52.3 Å². The highest BCUT2D eigenvalue weighted by molar-refractivity contribution is 9.10. The number of halogens is 1. The SMILES string of the molecule is Cc1ccc(Br)cc1S(=O)(=O)Nc1ccc(OCc2ccccc2)cc1. The van der Waals surface area contributed by atoms with Gasteiger partial charge in [0.25, 0.3) is 10.0 Å². The van der Waals surface area contributed by atoms with Crippen LogP contribution in [0.2, 0.25) is 0 Å². The van der Waals surface area contributed by atoms with Gasteiger partial charge in [0, 0.05) is 10.2 Å². The van der Waals surface area contributed by atoms with Gasteiger partial charge in [-0.05, 0) is 54.4 Å². The molecule has 0 atom stereocenters. The number of aryl methyl sites for hydroxylation is 1. The van der Waals surface area contributed by atoms with Gasteiger partial charge in [0.2, 0.25) is 0 Å². The monoisotopic (exact) mass is 431 g/mol. The molecule has 0 bridgehead atoms. The third-order valence-electron chi connectivity index (χ3n) is 3.79. The number of benzene rings is 3. The number of sulfonamides is 1. The molecule has 0 aliphatic rings. The zero-order valence-corrected chi connectivity index (χ0v) is 16.5. The van der Waals surface area contributed by atoms with Gasteiger partial charge in [0.05, 0.1) is 4.90 Å². The molecule has 6 heteroatoms. The average Bonchev–Trinajstić information content (AvgIpc) is 2.64. The summed E-state index contributed by atoms with van der Waals surface area (Å²) in [6.07, 6.45) is 0. The predicted molar refractivity (Wildman–Crippen MR) is 107 cm³/mol. The normalized spacial score (nSPS) is 11.2. The lowest BCUT2D eigenvalue weighted by atomic mass is 10.2. The molecule has 0 aromatic heterocycles. The second-order valence-corrected chi connectivity index (χ2v) is 8.38. The van der Waals surface area contributed by atoms with Gasteiger partial charge < -0.3 is 4.74 Å². The zero-order valence-electron chi connectivity index (χ0n) is 14.1. The maximum Gasteiger partial charge on any atom is 0.262 e. The maximum absolute atomic E-state index is 12.6. The van der Waals surface area contributed by atoms with Gasteiger partial charge >= 0.3 is 0 Å². The minimum absolute atomic E-state index is 0.247. The van der Waals surface area contributed by atoms with Crippen LogP contribution < -0.4 is 9.46 Å². The van der Waals surface area contributed by atoms with Crippen LogP contribution in [0.3, 0.4) is 0 Å². The molecule has 0 aliphatic carbocycles. The molecule has 0 spiro atoms. The second kappa shape index (κ2) is 7.93.